The van der Waals surface area contributed by atoms with Crippen LogP contribution in [0.25, 0.3) is 0 Å². The quantitative estimate of drug-likeness (QED) is 0.0912. The molecule has 0 aliphatic carbocycles. The maximum Gasteiger partial charge on any atom is 0.311 e. The number of hydrogen-bond acceptors (Lipinski definition) is 16. The number of likely N-dealkylation sites (N-methyl/N-ethyl adjacent to an activating group) is 1. The minimum absolute atomic E-state index is 0. The van der Waals surface area contributed by atoms with Gasteiger partial charge in [0.15, 0.2) is 5.82 Å². The Hall–Kier alpha value is -5.74. The number of nitrogens with two attached hydrogens (primary N) is 4. The fourth-order valence-corrected chi connectivity index (χ4v) is 0.786. The highest BCUT2D eigenvalue weighted by Crippen LogP contribution is 1.82. The molecule has 2 rings (SSSR count). The standard InChI is InChI=1S/C4H7N3.2C3H8N2O.C3H8N2.C3H7NO.C3H7N.C2H4N4.C2H6N2O.C2H5NO.6CH4/c1-2-4-5-3-6-7-4;1-5-3(6)2-4;1-2-3(4)5-6;1-3(4)5-2;1-3(2)4-5;1-3-4-2;1-2-3-5-6-4-2;1-4-2(3)5;1-2-3-4;;;;;;/h3H,2H2,1H3,(H,5,6,7);2,4H2,1H3,(H,5,6);6H,2H2,1H3,(H2,4,5);1-2H3,(H2,4,5);5H,1-2H3;3H,1-2H3;1H3,(H,3,4,5,6);1H3,(H3,3,4,5);2,4H,1H3;6*1H4/b;;;;;;;;3-2+;;;;;;. The summed E-state index contributed by atoms with van der Waals surface area (Å²) in [6.45, 7) is 14.4. The van der Waals surface area contributed by atoms with E-state index in [9.17, 15) is 9.59 Å². The molecule has 0 radical (unpaired) electrons. The molecule has 15 N–H and O–H groups in total. The van der Waals surface area contributed by atoms with Crippen LogP contribution in [0.2, 0.25) is 0 Å². The van der Waals surface area contributed by atoms with Crippen molar-refractivity contribution in [3.05, 3.63) is 18.0 Å². The zero-order valence-corrected chi connectivity index (χ0v) is 30.3. The van der Waals surface area contributed by atoms with E-state index in [2.05, 4.69) is 77.6 Å². The SMILES string of the molecule is C.C.C.C.C.C.C/C=N/O.CC(C)=NO.CC/C(N)=N/O.CC=NC.CCc1ncn[nH]1.CN=C(C)N.CNC(=O)CN.CNC(N)=O.Cc1nn[nH]n1. The molecule has 328 valence electrons. The van der Waals surface area contributed by atoms with Crippen LogP contribution in [0.15, 0.2) is 31.8 Å². The van der Waals surface area contributed by atoms with E-state index in [1.54, 1.807) is 62.0 Å². The molecule has 23 nitrogen and oxygen atoms in total. The number of aryl methyl sites for hydroxylation is 2. The third-order valence-electron chi connectivity index (χ3n) is 3.38. The zero-order valence-electron chi connectivity index (χ0n) is 30.3. The zero-order chi connectivity index (χ0) is 39.2. The molecule has 54 heavy (non-hydrogen) atoms. The van der Waals surface area contributed by atoms with Gasteiger partial charge in [0.1, 0.15) is 18.0 Å². The van der Waals surface area contributed by atoms with Gasteiger partial charge in [-0.2, -0.15) is 10.3 Å². The van der Waals surface area contributed by atoms with Gasteiger partial charge in [-0.05, 0) is 47.8 Å². The molecule has 0 fully saturated rings. The Labute approximate surface area is 327 Å². The van der Waals surface area contributed by atoms with Crippen LogP contribution in [-0.4, -0.2) is 128 Å². The summed E-state index contributed by atoms with van der Waals surface area (Å²) in [5.41, 5.74) is 20.1. The summed E-state index contributed by atoms with van der Waals surface area (Å²) >= 11 is 0. The fourth-order valence-electron chi connectivity index (χ4n) is 0.786. The van der Waals surface area contributed by atoms with Gasteiger partial charge in [0.05, 0.1) is 18.1 Å². The number of aromatic nitrogens is 7. The number of primary amides is 1. The monoisotopic (exact) mass is 789 g/mol. The Balaban J connectivity index is -0.0000000316. The van der Waals surface area contributed by atoms with Crippen molar-refractivity contribution in [1.82, 2.24) is 46.4 Å². The maximum atomic E-state index is 9.94. The highest BCUT2D eigenvalue weighted by Gasteiger charge is 1.85. The van der Waals surface area contributed by atoms with E-state index in [1.807, 2.05) is 20.8 Å². The summed E-state index contributed by atoms with van der Waals surface area (Å²) in [4.78, 5) is 30.5. The molecular formula is C31H84N18O5. The van der Waals surface area contributed by atoms with Crippen LogP contribution in [-0.2, 0) is 11.2 Å². The van der Waals surface area contributed by atoms with Crippen molar-refractivity contribution in [2.75, 3.05) is 34.7 Å². The Morgan fingerprint density at radius 1 is 0.889 bits per heavy atom. The van der Waals surface area contributed by atoms with Crippen LogP contribution in [0.4, 0.5) is 4.79 Å². The van der Waals surface area contributed by atoms with Gasteiger partial charge in [-0.25, -0.2) is 9.78 Å². The predicted octanol–water partition coefficient (Wildman–Crippen LogP) is 3.83. The number of amidine groups is 2. The first-order valence-corrected chi connectivity index (χ1v) is 13.8. The van der Waals surface area contributed by atoms with E-state index in [4.69, 9.17) is 32.8 Å². The van der Waals surface area contributed by atoms with Crippen molar-refractivity contribution in [3.63, 3.8) is 0 Å². The molecule has 2 aromatic heterocycles. The van der Waals surface area contributed by atoms with Gasteiger partial charge in [0.25, 0.3) is 0 Å². The maximum absolute atomic E-state index is 9.94. The summed E-state index contributed by atoms with van der Waals surface area (Å²) in [5.74, 6) is 2.39. The van der Waals surface area contributed by atoms with Gasteiger partial charge in [-0.15, -0.1) is 15.4 Å². The molecule has 3 amide bonds. The van der Waals surface area contributed by atoms with Gasteiger partial charge in [-0.3, -0.25) is 14.9 Å². The molecule has 2 heterocycles. The lowest BCUT2D eigenvalue weighted by Crippen LogP contribution is -2.26. The predicted molar refractivity (Wildman–Crippen MR) is 230 cm³/mol. The summed E-state index contributed by atoms with van der Waals surface area (Å²) < 4.78 is 0. The molecule has 0 spiro atoms. The Morgan fingerprint density at radius 3 is 1.35 bits per heavy atom. The van der Waals surface area contributed by atoms with Crippen molar-refractivity contribution in [2.24, 2.45) is 48.4 Å². The van der Waals surface area contributed by atoms with E-state index in [0.717, 1.165) is 12.2 Å². The number of nitrogens with zero attached hydrogens (tertiary/aromatic N) is 10. The molecule has 23 heteroatoms. The molecule has 0 saturated heterocycles. The Kier molecular flexibility index (Phi) is 131. The Morgan fingerprint density at radius 2 is 1.30 bits per heavy atom. The van der Waals surface area contributed by atoms with Gasteiger partial charge in [-0.1, -0.05) is 73.9 Å². The van der Waals surface area contributed by atoms with Gasteiger partial charge < -0.3 is 54.2 Å². The van der Waals surface area contributed by atoms with Crippen molar-refractivity contribution in [2.45, 2.75) is 113 Å². The summed E-state index contributed by atoms with van der Waals surface area (Å²) in [6.07, 6.45) is 6.11. The fraction of sp³-hybridized carbons (Fsp3) is 0.677. The van der Waals surface area contributed by atoms with E-state index >= 15 is 0 Å². The molecular weight excluding hydrogens is 704 g/mol. The third-order valence-corrected chi connectivity index (χ3v) is 3.38. The average molecular weight is 789 g/mol. The van der Waals surface area contributed by atoms with Gasteiger partial charge in [0.2, 0.25) is 5.91 Å². The van der Waals surface area contributed by atoms with Crippen molar-refractivity contribution < 1.29 is 25.2 Å². The Bertz CT molecular complexity index is 999. The van der Waals surface area contributed by atoms with Crippen molar-refractivity contribution >= 4 is 41.8 Å². The van der Waals surface area contributed by atoms with Crippen LogP contribution in [0.3, 0.4) is 0 Å². The highest BCUT2D eigenvalue weighted by atomic mass is 16.4. The third kappa shape index (κ3) is 137. The lowest BCUT2D eigenvalue weighted by atomic mass is 10.5. The second-order valence-electron chi connectivity index (χ2n) is 7.48. The molecule has 0 bridgehead atoms. The molecule has 0 saturated carbocycles. The van der Waals surface area contributed by atoms with Crippen molar-refractivity contribution in [1.29, 1.82) is 0 Å². The summed E-state index contributed by atoms with van der Waals surface area (Å²) in [6, 6.07) is -0.495. The minimum Gasteiger partial charge on any atom is -0.411 e. The number of carbonyl (C=O) groups excluding carboxylic acids is 2. The topological polar surface area (TPSA) is 381 Å². The number of aliphatic imine (C=N–C) groups is 2. The normalized spacial score (nSPS) is 8.09. The first kappa shape index (κ1) is 86.7. The average Bonchev–Trinajstić information content (AvgIpc) is 3.83. The van der Waals surface area contributed by atoms with Gasteiger partial charge >= 0.3 is 6.03 Å². The van der Waals surface area contributed by atoms with Crippen LogP contribution in [0, 0.1) is 6.92 Å². The summed E-state index contributed by atoms with van der Waals surface area (Å²) in [7, 11) is 6.44. The minimum atomic E-state index is -0.495. The molecule has 0 aliphatic rings. The first-order chi connectivity index (χ1) is 22.6. The van der Waals surface area contributed by atoms with Crippen molar-refractivity contribution in [3.8, 4) is 0 Å². The van der Waals surface area contributed by atoms with Crippen LogP contribution < -0.4 is 33.6 Å². The van der Waals surface area contributed by atoms with E-state index in [1.165, 1.54) is 19.6 Å². The lowest BCUT2D eigenvalue weighted by molar-refractivity contribution is -0.119. The number of oxime groups is 3. The van der Waals surface area contributed by atoms with Crippen LogP contribution in [0.5, 0.6) is 0 Å². The molecule has 0 aromatic carbocycles. The van der Waals surface area contributed by atoms with Crippen LogP contribution >= 0.6 is 0 Å². The van der Waals surface area contributed by atoms with Gasteiger partial charge in [0, 0.05) is 47.2 Å². The molecule has 2 aromatic rings. The second kappa shape index (κ2) is 81.3. The number of rotatable bonds is 3. The smallest absolute Gasteiger partial charge is 0.311 e. The molecule has 0 atom stereocenters. The first-order valence-electron chi connectivity index (χ1n) is 13.8. The second-order valence-corrected chi connectivity index (χ2v) is 7.48. The van der Waals surface area contributed by atoms with E-state index < -0.39 is 6.03 Å². The van der Waals surface area contributed by atoms with Crippen LogP contribution in [0.1, 0.15) is 111 Å². The number of nitrogens with one attached hydrogen (secondary N) is 4. The molecule has 0 aliphatic heterocycles. The number of amides is 3. The lowest BCUT2D eigenvalue weighted by Gasteiger charge is -1.87. The number of aromatic amines is 2. The number of urea groups is 1. The highest BCUT2D eigenvalue weighted by molar-refractivity contribution is 5.79. The largest absolute Gasteiger partial charge is 0.411 e. The summed E-state index contributed by atoms with van der Waals surface area (Å²) in [5, 5.41) is 54.7. The number of H-pyrrole nitrogens is 2. The number of hydrogen-bond donors (Lipinski definition) is 11. The number of carbonyl (C=O) groups is 2. The number of tetrazole rings is 1. The van der Waals surface area contributed by atoms with E-state index in [0.29, 0.717) is 23.8 Å². The van der Waals surface area contributed by atoms with E-state index in [-0.39, 0.29) is 62.8 Å². The molecule has 0 unspecified atom stereocenters.